The largest absolute Gasteiger partial charge is 0.496 e. The molecular weight excluding hydrogens is 254 g/mol. The van der Waals surface area contributed by atoms with Gasteiger partial charge in [-0.15, -0.1) is 0 Å². The second kappa shape index (κ2) is 4.85. The molecule has 0 radical (unpaired) electrons. The van der Waals surface area contributed by atoms with E-state index < -0.39 is 0 Å². The third kappa shape index (κ3) is 2.38. The lowest BCUT2D eigenvalue weighted by Gasteiger charge is -2.23. The molecule has 0 amide bonds. The summed E-state index contributed by atoms with van der Waals surface area (Å²) < 4.78 is 10.9. The highest BCUT2D eigenvalue weighted by Crippen LogP contribution is 2.43. The molecule has 0 aliphatic carbocycles. The van der Waals surface area contributed by atoms with Crippen molar-refractivity contribution in [2.75, 3.05) is 7.11 Å². The number of ether oxygens (including phenoxy) is 2. The van der Waals surface area contributed by atoms with Crippen LogP contribution in [0.2, 0.25) is 0 Å². The van der Waals surface area contributed by atoms with Gasteiger partial charge in [0, 0.05) is 12.5 Å². The second-order valence-electron chi connectivity index (χ2n) is 5.99. The minimum atomic E-state index is -0.323. The Hall–Kier alpha value is -1.97. The van der Waals surface area contributed by atoms with Gasteiger partial charge in [-0.25, -0.2) is 0 Å². The average molecular weight is 275 g/mol. The number of hydrogen-bond donors (Lipinski definition) is 1. The first-order chi connectivity index (χ1) is 9.25. The van der Waals surface area contributed by atoms with Crippen molar-refractivity contribution in [3.63, 3.8) is 0 Å². The van der Waals surface area contributed by atoms with Crippen LogP contribution in [0.5, 0.6) is 11.5 Å². The summed E-state index contributed by atoms with van der Waals surface area (Å²) in [4.78, 5) is 14.6. The van der Waals surface area contributed by atoms with Gasteiger partial charge in [0.05, 0.1) is 23.7 Å². The number of aromatic amines is 1. The van der Waals surface area contributed by atoms with Gasteiger partial charge in [-0.3, -0.25) is 4.79 Å². The molecule has 20 heavy (non-hydrogen) atoms. The molecule has 0 saturated carbocycles. The van der Waals surface area contributed by atoms with Crippen LogP contribution in [-0.2, 0) is 10.2 Å². The van der Waals surface area contributed by atoms with E-state index in [9.17, 15) is 4.79 Å². The van der Waals surface area contributed by atoms with Crippen LogP contribution in [0.3, 0.4) is 0 Å². The van der Waals surface area contributed by atoms with E-state index in [1.165, 1.54) is 6.92 Å². The maximum absolute atomic E-state index is 11.4. The number of fused-ring (bicyclic) bond motifs is 1. The lowest BCUT2D eigenvalue weighted by atomic mass is 9.84. The molecule has 4 nitrogen and oxygen atoms in total. The molecule has 2 aromatic rings. The number of methoxy groups -OCH3 is 1. The SMILES string of the molecule is COc1ccc2[nH]c(C)c(OC(C)=O)c2c1C(C)(C)C. The van der Waals surface area contributed by atoms with Gasteiger partial charge in [-0.2, -0.15) is 0 Å². The average Bonchev–Trinajstić information content (AvgIpc) is 2.63. The van der Waals surface area contributed by atoms with Crippen LogP contribution in [0.4, 0.5) is 0 Å². The van der Waals surface area contributed by atoms with Gasteiger partial charge in [0.25, 0.3) is 0 Å². The standard InChI is InChI=1S/C16H21NO3/c1-9-15(20-10(2)18)13-11(17-9)7-8-12(19-6)14(13)16(3,4)5/h7-8,17H,1-6H3. The Morgan fingerprint density at radius 3 is 2.40 bits per heavy atom. The van der Waals surface area contributed by atoms with Gasteiger partial charge in [0.1, 0.15) is 5.75 Å². The van der Waals surface area contributed by atoms with Crippen molar-refractivity contribution in [1.29, 1.82) is 0 Å². The first-order valence-electron chi connectivity index (χ1n) is 6.64. The van der Waals surface area contributed by atoms with Gasteiger partial charge < -0.3 is 14.5 Å². The molecule has 0 spiro atoms. The van der Waals surface area contributed by atoms with Crippen molar-refractivity contribution in [3.8, 4) is 11.5 Å². The molecule has 1 aromatic heterocycles. The molecule has 1 aromatic carbocycles. The molecule has 0 aliphatic rings. The summed E-state index contributed by atoms with van der Waals surface area (Å²) in [6.07, 6.45) is 0. The van der Waals surface area contributed by atoms with Crippen LogP contribution < -0.4 is 9.47 Å². The van der Waals surface area contributed by atoms with Crippen LogP contribution in [0.25, 0.3) is 10.9 Å². The van der Waals surface area contributed by atoms with E-state index in [0.29, 0.717) is 5.75 Å². The van der Waals surface area contributed by atoms with E-state index in [0.717, 1.165) is 27.9 Å². The molecular formula is C16H21NO3. The van der Waals surface area contributed by atoms with E-state index in [1.807, 2.05) is 19.1 Å². The zero-order valence-electron chi connectivity index (χ0n) is 12.9. The predicted molar refractivity (Wildman–Crippen MR) is 79.6 cm³/mol. The summed E-state index contributed by atoms with van der Waals surface area (Å²) in [6.45, 7) is 9.66. The Morgan fingerprint density at radius 2 is 1.90 bits per heavy atom. The number of rotatable bonds is 2. The highest BCUT2D eigenvalue weighted by atomic mass is 16.5. The fraction of sp³-hybridized carbons (Fsp3) is 0.438. The number of esters is 1. The van der Waals surface area contributed by atoms with Gasteiger partial charge in [0.2, 0.25) is 0 Å². The number of benzene rings is 1. The van der Waals surface area contributed by atoms with E-state index in [2.05, 4.69) is 25.8 Å². The Morgan fingerprint density at radius 1 is 1.25 bits per heavy atom. The Kier molecular flexibility index (Phi) is 3.50. The van der Waals surface area contributed by atoms with Gasteiger partial charge in [0.15, 0.2) is 5.75 Å². The first-order valence-corrected chi connectivity index (χ1v) is 6.64. The van der Waals surface area contributed by atoms with Crippen LogP contribution in [-0.4, -0.2) is 18.1 Å². The van der Waals surface area contributed by atoms with Crippen molar-refractivity contribution < 1.29 is 14.3 Å². The molecule has 0 saturated heterocycles. The minimum absolute atomic E-state index is 0.131. The number of carbonyl (C=O) groups is 1. The van der Waals surface area contributed by atoms with Crippen LogP contribution in [0, 0.1) is 6.92 Å². The third-order valence-corrected chi connectivity index (χ3v) is 3.27. The Balaban J connectivity index is 2.87. The van der Waals surface area contributed by atoms with E-state index in [1.54, 1.807) is 7.11 Å². The van der Waals surface area contributed by atoms with E-state index in [-0.39, 0.29) is 11.4 Å². The molecule has 4 heteroatoms. The van der Waals surface area contributed by atoms with Gasteiger partial charge in [-0.1, -0.05) is 20.8 Å². The number of aryl methyl sites for hydroxylation is 1. The second-order valence-corrected chi connectivity index (χ2v) is 5.99. The summed E-state index contributed by atoms with van der Waals surface area (Å²) in [6, 6.07) is 3.89. The van der Waals surface area contributed by atoms with Gasteiger partial charge >= 0.3 is 5.97 Å². The van der Waals surface area contributed by atoms with Crippen molar-refractivity contribution in [3.05, 3.63) is 23.4 Å². The van der Waals surface area contributed by atoms with Gasteiger partial charge in [-0.05, 0) is 24.5 Å². The molecule has 0 bridgehead atoms. The molecule has 1 N–H and O–H groups in total. The number of H-pyrrole nitrogens is 1. The summed E-state index contributed by atoms with van der Waals surface area (Å²) >= 11 is 0. The lowest BCUT2D eigenvalue weighted by Crippen LogP contribution is -2.14. The van der Waals surface area contributed by atoms with E-state index in [4.69, 9.17) is 9.47 Å². The smallest absolute Gasteiger partial charge is 0.308 e. The number of aromatic nitrogens is 1. The first kappa shape index (κ1) is 14.4. The van der Waals surface area contributed by atoms with Crippen LogP contribution >= 0.6 is 0 Å². The van der Waals surface area contributed by atoms with Crippen molar-refractivity contribution in [1.82, 2.24) is 4.98 Å². The zero-order chi connectivity index (χ0) is 15.1. The summed E-state index contributed by atoms with van der Waals surface area (Å²) in [5.74, 6) is 1.07. The molecule has 108 valence electrons. The number of carbonyl (C=O) groups excluding carboxylic acids is 1. The molecule has 0 unspecified atom stereocenters. The molecule has 0 atom stereocenters. The molecule has 2 rings (SSSR count). The summed E-state index contributed by atoms with van der Waals surface area (Å²) in [5, 5.41) is 0.921. The number of nitrogens with one attached hydrogen (secondary N) is 1. The molecule has 0 fully saturated rings. The normalized spacial score (nSPS) is 11.7. The Labute approximate surface area is 119 Å². The maximum Gasteiger partial charge on any atom is 0.308 e. The quantitative estimate of drug-likeness (QED) is 0.850. The van der Waals surface area contributed by atoms with Crippen molar-refractivity contribution in [2.45, 2.75) is 40.0 Å². The lowest BCUT2D eigenvalue weighted by molar-refractivity contribution is -0.131. The highest BCUT2D eigenvalue weighted by Gasteiger charge is 2.26. The fourth-order valence-corrected chi connectivity index (χ4v) is 2.56. The summed E-state index contributed by atoms with van der Waals surface area (Å²) in [7, 11) is 1.65. The Bertz CT molecular complexity index is 662. The monoisotopic (exact) mass is 275 g/mol. The van der Waals surface area contributed by atoms with E-state index >= 15 is 0 Å². The topological polar surface area (TPSA) is 51.3 Å². The van der Waals surface area contributed by atoms with Crippen LogP contribution in [0.15, 0.2) is 12.1 Å². The maximum atomic E-state index is 11.4. The summed E-state index contributed by atoms with van der Waals surface area (Å²) in [5.41, 5.74) is 2.70. The molecule has 0 aliphatic heterocycles. The minimum Gasteiger partial charge on any atom is -0.496 e. The fourth-order valence-electron chi connectivity index (χ4n) is 2.56. The molecule has 1 heterocycles. The van der Waals surface area contributed by atoms with Crippen LogP contribution in [0.1, 0.15) is 39.0 Å². The predicted octanol–water partition coefficient (Wildman–Crippen LogP) is 3.71. The third-order valence-electron chi connectivity index (χ3n) is 3.27. The number of hydrogen-bond acceptors (Lipinski definition) is 3. The van der Waals surface area contributed by atoms with Crippen molar-refractivity contribution >= 4 is 16.9 Å². The van der Waals surface area contributed by atoms with Crippen molar-refractivity contribution in [2.24, 2.45) is 0 Å². The zero-order valence-corrected chi connectivity index (χ0v) is 12.9. The highest BCUT2D eigenvalue weighted by molar-refractivity contribution is 5.95.